The second kappa shape index (κ2) is 7.50. The quantitative estimate of drug-likeness (QED) is 0.763. The first-order chi connectivity index (χ1) is 8.11. The molecule has 0 spiro atoms. The van der Waals surface area contributed by atoms with E-state index in [1.807, 2.05) is 0 Å². The molecule has 0 aromatic carbocycles. The molecule has 0 aliphatic carbocycles. The standard InChI is InChI=1S/C11H17ClN2O2S/c1-2-8(3-4-10(15)16)5-6-13-11-14-9(12)7-17-11/h7-8H,2-6H2,1H3,(H,13,14)(H,15,16). The summed E-state index contributed by atoms with van der Waals surface area (Å²) in [5.74, 6) is -0.267. The van der Waals surface area contributed by atoms with Crippen molar-refractivity contribution in [1.82, 2.24) is 4.98 Å². The number of hydrogen-bond acceptors (Lipinski definition) is 4. The first-order valence-electron chi connectivity index (χ1n) is 5.68. The summed E-state index contributed by atoms with van der Waals surface area (Å²) in [6.07, 6.45) is 2.96. The number of nitrogens with one attached hydrogen (secondary N) is 1. The third-order valence-electron chi connectivity index (χ3n) is 2.65. The van der Waals surface area contributed by atoms with E-state index in [9.17, 15) is 4.79 Å². The van der Waals surface area contributed by atoms with Gasteiger partial charge in [0.05, 0.1) is 0 Å². The molecule has 0 aliphatic heterocycles. The van der Waals surface area contributed by atoms with Crippen LogP contribution in [0.3, 0.4) is 0 Å². The third kappa shape index (κ3) is 5.89. The molecule has 1 rings (SSSR count). The van der Waals surface area contributed by atoms with Gasteiger partial charge in [0.15, 0.2) is 5.13 Å². The monoisotopic (exact) mass is 276 g/mol. The molecule has 0 aliphatic rings. The molecule has 0 fully saturated rings. The Labute approximate surface area is 110 Å². The summed E-state index contributed by atoms with van der Waals surface area (Å²) >= 11 is 7.19. The van der Waals surface area contributed by atoms with Crippen LogP contribution in [0.5, 0.6) is 0 Å². The van der Waals surface area contributed by atoms with E-state index in [0.717, 1.165) is 30.9 Å². The van der Waals surface area contributed by atoms with E-state index in [-0.39, 0.29) is 6.42 Å². The molecule has 17 heavy (non-hydrogen) atoms. The summed E-state index contributed by atoms with van der Waals surface area (Å²) in [6, 6.07) is 0. The molecule has 0 amide bonds. The van der Waals surface area contributed by atoms with E-state index >= 15 is 0 Å². The van der Waals surface area contributed by atoms with Crippen LogP contribution in [0.15, 0.2) is 5.38 Å². The van der Waals surface area contributed by atoms with Crippen LogP contribution >= 0.6 is 22.9 Å². The Morgan fingerprint density at radius 3 is 2.94 bits per heavy atom. The van der Waals surface area contributed by atoms with Gasteiger partial charge in [-0.25, -0.2) is 4.98 Å². The number of rotatable bonds is 8. The molecule has 2 N–H and O–H groups in total. The molecule has 0 bridgehead atoms. The van der Waals surface area contributed by atoms with Crippen LogP contribution in [-0.4, -0.2) is 22.6 Å². The van der Waals surface area contributed by atoms with Crippen LogP contribution in [0.25, 0.3) is 0 Å². The van der Waals surface area contributed by atoms with Gasteiger partial charge in [0.2, 0.25) is 0 Å². The highest BCUT2D eigenvalue weighted by Gasteiger charge is 2.09. The summed E-state index contributed by atoms with van der Waals surface area (Å²) in [4.78, 5) is 14.6. The van der Waals surface area contributed by atoms with E-state index in [1.165, 1.54) is 11.3 Å². The summed E-state index contributed by atoms with van der Waals surface area (Å²) < 4.78 is 0. The van der Waals surface area contributed by atoms with Crippen LogP contribution in [0.4, 0.5) is 5.13 Å². The maximum atomic E-state index is 10.5. The normalized spacial score (nSPS) is 12.4. The van der Waals surface area contributed by atoms with Gasteiger partial charge in [-0.1, -0.05) is 24.9 Å². The maximum Gasteiger partial charge on any atom is 0.303 e. The number of nitrogens with zero attached hydrogens (tertiary/aromatic N) is 1. The summed E-state index contributed by atoms with van der Waals surface area (Å²) in [5.41, 5.74) is 0. The number of carboxylic acid groups (broad SMARTS) is 1. The lowest BCUT2D eigenvalue weighted by atomic mass is 9.97. The van der Waals surface area contributed by atoms with Gasteiger partial charge in [0, 0.05) is 18.3 Å². The average molecular weight is 277 g/mol. The fraction of sp³-hybridized carbons (Fsp3) is 0.636. The number of aromatic nitrogens is 1. The Bertz CT molecular complexity index is 357. The molecular weight excluding hydrogens is 260 g/mol. The Morgan fingerprint density at radius 2 is 2.41 bits per heavy atom. The molecule has 1 unspecified atom stereocenters. The van der Waals surface area contributed by atoms with E-state index in [4.69, 9.17) is 16.7 Å². The first kappa shape index (κ1) is 14.3. The van der Waals surface area contributed by atoms with Crippen LogP contribution in [0.1, 0.15) is 32.6 Å². The number of carboxylic acids is 1. The first-order valence-corrected chi connectivity index (χ1v) is 6.94. The number of anilines is 1. The fourth-order valence-electron chi connectivity index (χ4n) is 1.60. The van der Waals surface area contributed by atoms with Gasteiger partial charge >= 0.3 is 5.97 Å². The van der Waals surface area contributed by atoms with Crippen molar-refractivity contribution in [3.63, 3.8) is 0 Å². The van der Waals surface area contributed by atoms with Crippen molar-refractivity contribution < 1.29 is 9.90 Å². The molecule has 4 nitrogen and oxygen atoms in total. The van der Waals surface area contributed by atoms with Crippen molar-refractivity contribution in [2.45, 2.75) is 32.6 Å². The predicted molar refractivity (Wildman–Crippen MR) is 70.9 cm³/mol. The number of thiazole rings is 1. The van der Waals surface area contributed by atoms with Gasteiger partial charge in [-0.15, -0.1) is 11.3 Å². The summed E-state index contributed by atoms with van der Waals surface area (Å²) in [7, 11) is 0. The number of aliphatic carboxylic acids is 1. The lowest BCUT2D eigenvalue weighted by Crippen LogP contribution is -2.10. The Hall–Kier alpha value is -0.810. The average Bonchev–Trinajstić information content (AvgIpc) is 2.69. The van der Waals surface area contributed by atoms with Crippen molar-refractivity contribution in [2.24, 2.45) is 5.92 Å². The van der Waals surface area contributed by atoms with Gasteiger partial charge in [-0.3, -0.25) is 4.79 Å². The molecule has 0 saturated heterocycles. The highest BCUT2D eigenvalue weighted by atomic mass is 35.5. The van der Waals surface area contributed by atoms with E-state index < -0.39 is 5.97 Å². The van der Waals surface area contributed by atoms with Crippen LogP contribution in [0, 0.1) is 5.92 Å². The predicted octanol–water partition coefficient (Wildman–Crippen LogP) is 3.49. The molecule has 1 aromatic heterocycles. The lowest BCUT2D eigenvalue weighted by molar-refractivity contribution is -0.137. The third-order valence-corrected chi connectivity index (χ3v) is 3.77. The molecule has 1 heterocycles. The minimum Gasteiger partial charge on any atom is -0.481 e. The van der Waals surface area contributed by atoms with Gasteiger partial charge in [0.1, 0.15) is 5.15 Å². The summed E-state index contributed by atoms with van der Waals surface area (Å²) in [6.45, 7) is 2.90. The van der Waals surface area contributed by atoms with Gasteiger partial charge in [-0.2, -0.15) is 0 Å². The van der Waals surface area contributed by atoms with Crippen molar-refractivity contribution in [2.75, 3.05) is 11.9 Å². The van der Waals surface area contributed by atoms with Crippen molar-refractivity contribution in [3.05, 3.63) is 10.5 Å². The Morgan fingerprint density at radius 1 is 1.65 bits per heavy atom. The molecule has 1 aromatic rings. The number of halogens is 1. The van der Waals surface area contributed by atoms with Crippen LogP contribution in [-0.2, 0) is 4.79 Å². The second-order valence-corrected chi connectivity index (χ2v) is 5.14. The Balaban J connectivity index is 2.21. The van der Waals surface area contributed by atoms with E-state index in [1.54, 1.807) is 5.38 Å². The van der Waals surface area contributed by atoms with Crippen molar-refractivity contribution >= 4 is 34.0 Å². The van der Waals surface area contributed by atoms with E-state index in [2.05, 4.69) is 17.2 Å². The van der Waals surface area contributed by atoms with Gasteiger partial charge in [-0.05, 0) is 18.8 Å². The molecule has 96 valence electrons. The van der Waals surface area contributed by atoms with E-state index in [0.29, 0.717) is 11.1 Å². The highest BCUT2D eigenvalue weighted by molar-refractivity contribution is 7.14. The van der Waals surface area contributed by atoms with Gasteiger partial charge < -0.3 is 10.4 Å². The number of hydrogen-bond donors (Lipinski definition) is 2. The lowest BCUT2D eigenvalue weighted by Gasteiger charge is -2.13. The number of carbonyl (C=O) groups is 1. The summed E-state index contributed by atoms with van der Waals surface area (Å²) in [5, 5.41) is 14.9. The minimum absolute atomic E-state index is 0.252. The molecule has 0 saturated carbocycles. The molecule has 6 heteroatoms. The second-order valence-electron chi connectivity index (χ2n) is 3.90. The fourth-order valence-corrected chi connectivity index (χ4v) is 2.47. The SMILES string of the molecule is CCC(CCNc1nc(Cl)cs1)CCC(=O)O. The molecule has 0 radical (unpaired) electrons. The smallest absolute Gasteiger partial charge is 0.303 e. The molecular formula is C11H17ClN2O2S. The van der Waals surface area contributed by atoms with Crippen LogP contribution < -0.4 is 5.32 Å². The topological polar surface area (TPSA) is 62.2 Å². The van der Waals surface area contributed by atoms with Crippen LogP contribution in [0.2, 0.25) is 5.15 Å². The zero-order chi connectivity index (χ0) is 12.7. The van der Waals surface area contributed by atoms with Crippen molar-refractivity contribution in [3.8, 4) is 0 Å². The zero-order valence-electron chi connectivity index (χ0n) is 9.78. The minimum atomic E-state index is -0.719. The van der Waals surface area contributed by atoms with Gasteiger partial charge in [0.25, 0.3) is 0 Å². The zero-order valence-corrected chi connectivity index (χ0v) is 11.4. The van der Waals surface area contributed by atoms with Crippen molar-refractivity contribution in [1.29, 1.82) is 0 Å². The molecule has 1 atom stereocenters. The maximum absolute atomic E-state index is 10.5. The Kier molecular flexibility index (Phi) is 6.29. The largest absolute Gasteiger partial charge is 0.481 e. The highest BCUT2D eigenvalue weighted by Crippen LogP contribution is 2.20.